The molecule has 2 aromatic rings. The zero-order valence-electron chi connectivity index (χ0n) is 7.32. The van der Waals surface area contributed by atoms with Crippen molar-refractivity contribution in [3.05, 3.63) is 34.7 Å². The quantitative estimate of drug-likeness (QED) is 0.807. The van der Waals surface area contributed by atoms with Gasteiger partial charge in [-0.3, -0.25) is 0 Å². The molecular formula is C8H6N2O4S. The van der Waals surface area contributed by atoms with Crippen molar-refractivity contribution in [2.75, 3.05) is 0 Å². The number of aliphatic hydroxyl groups excluding tert-OH is 1. The molecule has 0 aliphatic carbocycles. The standard InChI is InChI=1S/C8H6N2O4S/c11-7(4-3-15-10-9-4)5-1-2-6(14-5)8(12)13/h1-3,7,11H,(H,12,13). The van der Waals surface area contributed by atoms with E-state index in [9.17, 15) is 9.90 Å². The number of aromatic carboxylic acids is 1. The van der Waals surface area contributed by atoms with Crippen molar-refractivity contribution in [1.29, 1.82) is 0 Å². The average molecular weight is 226 g/mol. The van der Waals surface area contributed by atoms with Crippen LogP contribution in [0.4, 0.5) is 0 Å². The fourth-order valence-corrected chi connectivity index (χ4v) is 1.52. The van der Waals surface area contributed by atoms with Crippen LogP contribution in [0.25, 0.3) is 0 Å². The van der Waals surface area contributed by atoms with Crippen molar-refractivity contribution in [2.45, 2.75) is 6.10 Å². The summed E-state index contributed by atoms with van der Waals surface area (Å²) in [4.78, 5) is 10.5. The fraction of sp³-hybridized carbons (Fsp3) is 0.125. The zero-order chi connectivity index (χ0) is 10.8. The number of aromatic nitrogens is 2. The number of carbonyl (C=O) groups is 1. The van der Waals surface area contributed by atoms with Crippen LogP contribution in [-0.4, -0.2) is 25.8 Å². The van der Waals surface area contributed by atoms with Crippen molar-refractivity contribution < 1.29 is 19.4 Å². The molecule has 0 bridgehead atoms. The summed E-state index contributed by atoms with van der Waals surface area (Å²) in [5.74, 6) is -1.25. The molecule has 2 heterocycles. The highest BCUT2D eigenvalue weighted by molar-refractivity contribution is 7.03. The molecule has 2 aromatic heterocycles. The van der Waals surface area contributed by atoms with Gasteiger partial charge < -0.3 is 14.6 Å². The van der Waals surface area contributed by atoms with Crippen molar-refractivity contribution in [3.8, 4) is 0 Å². The summed E-state index contributed by atoms with van der Waals surface area (Å²) < 4.78 is 8.50. The van der Waals surface area contributed by atoms with Crippen molar-refractivity contribution in [1.82, 2.24) is 9.59 Å². The molecule has 0 amide bonds. The summed E-state index contributed by atoms with van der Waals surface area (Å²) in [6.45, 7) is 0. The normalized spacial score (nSPS) is 12.6. The fourth-order valence-electron chi connectivity index (χ4n) is 1.05. The second-order valence-electron chi connectivity index (χ2n) is 2.74. The predicted molar refractivity (Wildman–Crippen MR) is 49.6 cm³/mol. The monoisotopic (exact) mass is 226 g/mol. The minimum Gasteiger partial charge on any atom is -0.475 e. The molecule has 0 aliphatic heterocycles. The van der Waals surface area contributed by atoms with E-state index in [0.717, 1.165) is 11.5 Å². The van der Waals surface area contributed by atoms with Crippen LogP contribution in [0.2, 0.25) is 0 Å². The Morgan fingerprint density at radius 2 is 2.33 bits per heavy atom. The molecule has 1 unspecified atom stereocenters. The highest BCUT2D eigenvalue weighted by atomic mass is 32.1. The van der Waals surface area contributed by atoms with Crippen LogP contribution in [0.1, 0.15) is 28.1 Å². The van der Waals surface area contributed by atoms with Gasteiger partial charge in [0.05, 0.1) is 0 Å². The number of nitrogens with zero attached hydrogens (tertiary/aromatic N) is 2. The lowest BCUT2D eigenvalue weighted by Crippen LogP contribution is -1.99. The molecule has 78 valence electrons. The third kappa shape index (κ3) is 1.88. The summed E-state index contributed by atoms with van der Waals surface area (Å²) in [6.07, 6.45) is -1.07. The number of hydrogen-bond donors (Lipinski definition) is 2. The first-order valence-corrected chi connectivity index (χ1v) is 4.80. The van der Waals surface area contributed by atoms with Gasteiger partial charge in [0.2, 0.25) is 5.76 Å². The number of aliphatic hydroxyl groups is 1. The molecule has 0 fully saturated rings. The highest BCUT2D eigenvalue weighted by Gasteiger charge is 2.19. The second-order valence-corrected chi connectivity index (χ2v) is 3.35. The lowest BCUT2D eigenvalue weighted by Gasteiger charge is -2.01. The number of carboxylic acid groups (broad SMARTS) is 1. The Kier molecular flexibility index (Phi) is 2.48. The lowest BCUT2D eigenvalue weighted by atomic mass is 10.2. The van der Waals surface area contributed by atoms with E-state index in [1.165, 1.54) is 12.1 Å². The van der Waals surface area contributed by atoms with Gasteiger partial charge in [-0.15, -0.1) is 5.10 Å². The SMILES string of the molecule is O=C(O)c1ccc(C(O)c2csnn2)o1. The third-order valence-electron chi connectivity index (χ3n) is 1.76. The molecule has 0 saturated carbocycles. The maximum absolute atomic E-state index is 10.5. The molecule has 7 heteroatoms. The number of hydrogen-bond acceptors (Lipinski definition) is 6. The maximum Gasteiger partial charge on any atom is 0.371 e. The van der Waals surface area contributed by atoms with Crippen molar-refractivity contribution >= 4 is 17.5 Å². The van der Waals surface area contributed by atoms with Gasteiger partial charge in [0.15, 0.2) is 6.10 Å². The molecule has 0 aromatic carbocycles. The molecule has 0 radical (unpaired) electrons. The van der Waals surface area contributed by atoms with Gasteiger partial charge in [0.1, 0.15) is 11.5 Å². The zero-order valence-corrected chi connectivity index (χ0v) is 8.14. The van der Waals surface area contributed by atoms with E-state index in [4.69, 9.17) is 9.52 Å². The van der Waals surface area contributed by atoms with Crippen LogP contribution in [0, 0.1) is 0 Å². The summed E-state index contributed by atoms with van der Waals surface area (Å²) in [5.41, 5.74) is 0.339. The molecule has 2 rings (SSSR count). The van der Waals surface area contributed by atoms with Crippen LogP contribution in [0.15, 0.2) is 21.9 Å². The van der Waals surface area contributed by atoms with E-state index >= 15 is 0 Å². The molecular weight excluding hydrogens is 220 g/mol. The molecule has 15 heavy (non-hydrogen) atoms. The van der Waals surface area contributed by atoms with Crippen LogP contribution in [0.3, 0.4) is 0 Å². The van der Waals surface area contributed by atoms with Gasteiger partial charge in [-0.2, -0.15) is 0 Å². The van der Waals surface area contributed by atoms with E-state index in [-0.39, 0.29) is 11.5 Å². The Labute approximate surface area is 88.0 Å². The smallest absolute Gasteiger partial charge is 0.371 e. The van der Waals surface area contributed by atoms with Gasteiger partial charge in [-0.25, -0.2) is 4.79 Å². The van der Waals surface area contributed by atoms with E-state index < -0.39 is 12.1 Å². The Bertz CT molecular complexity index is 465. The molecule has 2 N–H and O–H groups in total. The third-order valence-corrected chi connectivity index (χ3v) is 2.29. The lowest BCUT2D eigenvalue weighted by molar-refractivity contribution is 0.0654. The van der Waals surface area contributed by atoms with E-state index in [2.05, 4.69) is 9.59 Å². The van der Waals surface area contributed by atoms with Crippen LogP contribution < -0.4 is 0 Å². The van der Waals surface area contributed by atoms with Crippen LogP contribution in [-0.2, 0) is 0 Å². The second kappa shape index (κ2) is 3.79. The van der Waals surface area contributed by atoms with Crippen LogP contribution >= 0.6 is 11.5 Å². The molecule has 1 atom stereocenters. The minimum absolute atomic E-state index is 0.139. The molecule has 0 spiro atoms. The minimum atomic E-state index is -1.18. The summed E-state index contributed by atoms with van der Waals surface area (Å²) in [6, 6.07) is 2.67. The van der Waals surface area contributed by atoms with Crippen molar-refractivity contribution in [3.63, 3.8) is 0 Å². The predicted octanol–water partition coefficient (Wildman–Crippen LogP) is 0.911. The van der Waals surface area contributed by atoms with E-state index in [1.807, 2.05) is 0 Å². The topological polar surface area (TPSA) is 96.5 Å². The first-order valence-electron chi connectivity index (χ1n) is 3.96. The van der Waals surface area contributed by atoms with Crippen molar-refractivity contribution in [2.24, 2.45) is 0 Å². The first-order chi connectivity index (χ1) is 7.18. The van der Waals surface area contributed by atoms with E-state index in [0.29, 0.717) is 5.69 Å². The largest absolute Gasteiger partial charge is 0.475 e. The Morgan fingerprint density at radius 1 is 1.53 bits per heavy atom. The Hall–Kier alpha value is -1.73. The number of carboxylic acids is 1. The Morgan fingerprint density at radius 3 is 2.87 bits per heavy atom. The number of rotatable bonds is 3. The van der Waals surface area contributed by atoms with Gasteiger partial charge >= 0.3 is 5.97 Å². The first kappa shape index (κ1) is 9.81. The molecule has 0 aliphatic rings. The molecule has 0 saturated heterocycles. The Balaban J connectivity index is 2.26. The van der Waals surface area contributed by atoms with E-state index in [1.54, 1.807) is 5.38 Å². The molecule has 6 nitrogen and oxygen atoms in total. The summed E-state index contributed by atoms with van der Waals surface area (Å²) in [7, 11) is 0. The maximum atomic E-state index is 10.5. The van der Waals surface area contributed by atoms with Gasteiger partial charge in [0.25, 0.3) is 0 Å². The highest BCUT2D eigenvalue weighted by Crippen LogP contribution is 2.22. The summed E-state index contributed by atoms with van der Waals surface area (Å²) in [5, 5.41) is 23.5. The van der Waals surface area contributed by atoms with Gasteiger partial charge in [0, 0.05) is 5.38 Å². The number of furan rings is 1. The van der Waals surface area contributed by atoms with Gasteiger partial charge in [-0.1, -0.05) is 4.49 Å². The summed E-state index contributed by atoms with van der Waals surface area (Å²) >= 11 is 1.10. The van der Waals surface area contributed by atoms with Crippen LogP contribution in [0.5, 0.6) is 0 Å². The van der Waals surface area contributed by atoms with Gasteiger partial charge in [-0.05, 0) is 23.7 Å². The average Bonchev–Trinajstić information content (AvgIpc) is 2.88.